The van der Waals surface area contributed by atoms with E-state index in [1.807, 2.05) is 6.92 Å². The number of hydrogen-bond acceptors (Lipinski definition) is 10. The molecular weight excluding hydrogens is 450 g/mol. The minimum atomic E-state index is -0.598. The summed E-state index contributed by atoms with van der Waals surface area (Å²) in [5, 5.41) is 6.17. The smallest absolute Gasteiger partial charge is 0.248 e. The van der Waals surface area contributed by atoms with Crippen molar-refractivity contribution in [3.8, 4) is 0 Å². The lowest BCUT2D eigenvalue weighted by molar-refractivity contribution is -0.149. The second kappa shape index (κ2) is 16.5. The van der Waals surface area contributed by atoms with Gasteiger partial charge in [-0.2, -0.15) is 5.10 Å². The maximum atomic E-state index is 12.1. The van der Waals surface area contributed by atoms with Gasteiger partial charge < -0.3 is 40.9 Å². The summed E-state index contributed by atoms with van der Waals surface area (Å²) in [6, 6.07) is 0. The summed E-state index contributed by atoms with van der Waals surface area (Å²) in [6.07, 6.45) is 1.88. The van der Waals surface area contributed by atoms with Crippen LogP contribution < -0.4 is 16.9 Å². The summed E-state index contributed by atoms with van der Waals surface area (Å²) in [6.45, 7) is 3.26. The number of aliphatic imine (C=N–C) groups is 1. The van der Waals surface area contributed by atoms with Gasteiger partial charge in [0.25, 0.3) is 0 Å². The van der Waals surface area contributed by atoms with E-state index in [1.165, 1.54) is 18.2 Å². The number of hydrogen-bond donors (Lipinski definition) is 3. The highest BCUT2D eigenvalue weighted by Gasteiger charge is 2.31. The molecule has 0 aromatic rings. The molecule has 0 spiro atoms. The van der Waals surface area contributed by atoms with E-state index in [0.29, 0.717) is 39.2 Å². The van der Waals surface area contributed by atoms with Crippen LogP contribution in [0.5, 0.6) is 0 Å². The van der Waals surface area contributed by atoms with Crippen molar-refractivity contribution in [2.24, 2.45) is 21.7 Å². The summed E-state index contributed by atoms with van der Waals surface area (Å²) in [5.74, 6) is 3.93. The Bertz CT molecular complexity index is 739. The summed E-state index contributed by atoms with van der Waals surface area (Å²) in [4.78, 5) is 53.5. The van der Waals surface area contributed by atoms with Crippen LogP contribution in [0.1, 0.15) is 13.3 Å². The number of hydrazone groups is 1. The first-order valence-electron chi connectivity index (χ1n) is 10.9. The third kappa shape index (κ3) is 11.7. The number of amides is 4. The number of methoxy groups -OCH3 is 1. The minimum absolute atomic E-state index is 0.000779. The summed E-state index contributed by atoms with van der Waals surface area (Å²) in [5.41, 5.74) is 5.40. The van der Waals surface area contributed by atoms with Crippen LogP contribution in [0.15, 0.2) is 10.1 Å². The van der Waals surface area contributed by atoms with Gasteiger partial charge in [0.05, 0.1) is 25.9 Å². The van der Waals surface area contributed by atoms with Gasteiger partial charge in [0.2, 0.25) is 23.6 Å². The van der Waals surface area contributed by atoms with Gasteiger partial charge in [0.15, 0.2) is 0 Å². The molecule has 14 nitrogen and oxygen atoms in total. The van der Waals surface area contributed by atoms with Gasteiger partial charge in [-0.3, -0.25) is 24.2 Å². The van der Waals surface area contributed by atoms with E-state index in [2.05, 4.69) is 15.4 Å². The van der Waals surface area contributed by atoms with E-state index in [4.69, 9.17) is 25.8 Å². The van der Waals surface area contributed by atoms with Gasteiger partial charge in [-0.05, 0) is 6.42 Å². The number of carbonyl (C=O) groups excluding carboxylic acids is 4. The predicted octanol–water partition coefficient (Wildman–Crippen LogP) is -2.90. The van der Waals surface area contributed by atoms with Crippen molar-refractivity contribution in [1.82, 2.24) is 15.1 Å². The quantitative estimate of drug-likeness (QED) is 0.0845. The number of ether oxygens (including phenoxy) is 3. The number of carbonyl (C=O) groups is 4. The van der Waals surface area contributed by atoms with Crippen molar-refractivity contribution in [2.75, 3.05) is 72.8 Å². The maximum absolute atomic E-state index is 12.1. The number of nitrogens with two attached hydrogens (primary N) is 2. The molecule has 1 heterocycles. The van der Waals surface area contributed by atoms with Gasteiger partial charge >= 0.3 is 0 Å². The van der Waals surface area contributed by atoms with E-state index in [1.54, 1.807) is 4.90 Å². The van der Waals surface area contributed by atoms with Crippen molar-refractivity contribution >= 4 is 35.6 Å². The molecule has 0 atom stereocenters. The summed E-state index contributed by atoms with van der Waals surface area (Å²) < 4.78 is 15.6. The largest absolute Gasteiger partial charge is 0.375 e. The highest BCUT2D eigenvalue weighted by molar-refractivity contribution is 6.31. The molecule has 1 fully saturated rings. The fraction of sp³-hybridized carbons (Fsp3) is 0.700. The van der Waals surface area contributed by atoms with Crippen LogP contribution >= 0.6 is 0 Å². The first-order valence-corrected chi connectivity index (χ1v) is 10.9. The highest BCUT2D eigenvalue weighted by atomic mass is 16.5. The lowest BCUT2D eigenvalue weighted by Crippen LogP contribution is -2.56. The molecule has 0 radical (unpaired) electrons. The number of rotatable bonds is 17. The molecule has 1 saturated heterocycles. The number of primary amides is 1. The SMILES string of the molecule is CCCN(CC(N)=O)C(=O)CN=C/C(COCC(=O)N1CC(OCCNC(=O)COC)C1)=N\N. The van der Waals surface area contributed by atoms with Gasteiger partial charge in [-0.25, -0.2) is 0 Å². The zero-order valence-corrected chi connectivity index (χ0v) is 19.7. The van der Waals surface area contributed by atoms with Crippen molar-refractivity contribution in [2.45, 2.75) is 19.4 Å². The lowest BCUT2D eigenvalue weighted by atomic mass is 10.1. The number of likely N-dealkylation sites (tertiary alicyclic amines) is 1. The monoisotopic (exact) mass is 485 g/mol. The molecule has 14 heteroatoms. The van der Waals surface area contributed by atoms with Crippen molar-refractivity contribution in [1.29, 1.82) is 0 Å². The van der Waals surface area contributed by atoms with Crippen LogP contribution in [0.25, 0.3) is 0 Å². The van der Waals surface area contributed by atoms with Gasteiger partial charge in [0.1, 0.15) is 25.5 Å². The zero-order chi connectivity index (χ0) is 25.3. The Kier molecular flexibility index (Phi) is 14.0. The van der Waals surface area contributed by atoms with Crippen LogP contribution in [0.4, 0.5) is 0 Å². The van der Waals surface area contributed by atoms with Crippen LogP contribution in [-0.2, 0) is 33.4 Å². The molecule has 0 bridgehead atoms. The molecule has 0 unspecified atom stereocenters. The lowest BCUT2D eigenvalue weighted by Gasteiger charge is -2.38. The Labute approximate surface area is 198 Å². The van der Waals surface area contributed by atoms with E-state index < -0.39 is 5.91 Å². The van der Waals surface area contributed by atoms with Gasteiger partial charge in [0, 0.05) is 39.5 Å². The zero-order valence-electron chi connectivity index (χ0n) is 19.7. The van der Waals surface area contributed by atoms with E-state index in [-0.39, 0.29) is 62.4 Å². The normalized spacial score (nSPS) is 14.2. The number of nitrogens with one attached hydrogen (secondary N) is 1. The Morgan fingerprint density at radius 2 is 1.94 bits per heavy atom. The van der Waals surface area contributed by atoms with Crippen molar-refractivity contribution < 1.29 is 33.4 Å². The first-order chi connectivity index (χ1) is 16.3. The first kappa shape index (κ1) is 28.9. The van der Waals surface area contributed by atoms with Crippen LogP contribution in [0.3, 0.4) is 0 Å². The molecule has 1 aliphatic rings. The van der Waals surface area contributed by atoms with E-state index in [9.17, 15) is 19.2 Å². The molecule has 0 saturated carbocycles. The molecule has 0 aromatic heterocycles. The number of nitrogens with zero attached hydrogens (tertiary/aromatic N) is 4. The van der Waals surface area contributed by atoms with Crippen LogP contribution in [0.2, 0.25) is 0 Å². The van der Waals surface area contributed by atoms with E-state index >= 15 is 0 Å². The molecule has 1 rings (SSSR count). The molecule has 1 aliphatic heterocycles. The van der Waals surface area contributed by atoms with Crippen molar-refractivity contribution in [3.05, 3.63) is 0 Å². The fourth-order valence-electron chi connectivity index (χ4n) is 2.87. The standard InChI is InChI=1S/C20H35N7O7/c1-3-5-26(11-17(21)28)19(30)8-23-7-15(25-22)12-33-14-20(31)27-9-16(10-27)34-6-4-24-18(29)13-32-2/h7,16H,3-6,8-14,22H2,1-2H3,(H2,21,28)(H,24,29)/b23-7?,25-15+. The second-order valence-corrected chi connectivity index (χ2v) is 7.44. The van der Waals surface area contributed by atoms with Gasteiger partial charge in [-0.15, -0.1) is 0 Å². The second-order valence-electron chi connectivity index (χ2n) is 7.44. The van der Waals surface area contributed by atoms with Crippen molar-refractivity contribution in [3.63, 3.8) is 0 Å². The van der Waals surface area contributed by atoms with E-state index in [0.717, 1.165) is 0 Å². The topological polar surface area (TPSA) is 191 Å². The third-order valence-corrected chi connectivity index (χ3v) is 4.56. The molecule has 34 heavy (non-hydrogen) atoms. The summed E-state index contributed by atoms with van der Waals surface area (Å²) >= 11 is 0. The molecule has 0 aliphatic carbocycles. The Balaban J connectivity index is 2.23. The summed E-state index contributed by atoms with van der Waals surface area (Å²) in [7, 11) is 1.44. The minimum Gasteiger partial charge on any atom is -0.375 e. The predicted molar refractivity (Wildman–Crippen MR) is 123 cm³/mol. The average Bonchev–Trinajstić information content (AvgIpc) is 2.75. The molecule has 4 amide bonds. The molecule has 5 N–H and O–H groups in total. The Hall–Kier alpha value is -3.10. The average molecular weight is 486 g/mol. The molecule has 0 aromatic carbocycles. The third-order valence-electron chi connectivity index (χ3n) is 4.56. The van der Waals surface area contributed by atoms with Crippen LogP contribution in [0, 0.1) is 0 Å². The Morgan fingerprint density at radius 3 is 2.56 bits per heavy atom. The highest BCUT2D eigenvalue weighted by Crippen LogP contribution is 2.11. The van der Waals surface area contributed by atoms with Gasteiger partial charge in [-0.1, -0.05) is 6.92 Å². The maximum Gasteiger partial charge on any atom is 0.248 e. The molecular formula is C20H35N7O7. The molecule has 192 valence electrons. The fourth-order valence-corrected chi connectivity index (χ4v) is 2.87. The van der Waals surface area contributed by atoms with Crippen LogP contribution in [-0.4, -0.2) is 124 Å². The Morgan fingerprint density at radius 1 is 1.21 bits per heavy atom.